The molecule has 19 heavy (non-hydrogen) atoms. The highest BCUT2D eigenvalue weighted by atomic mass is 127. The molecule has 0 unspecified atom stereocenters. The molecule has 0 spiro atoms. The smallest absolute Gasteiger partial charge is 0.191 e. The van der Waals surface area contributed by atoms with E-state index in [1.807, 2.05) is 7.05 Å². The van der Waals surface area contributed by atoms with Crippen LogP contribution in [0, 0.1) is 5.92 Å². The number of likely N-dealkylation sites (tertiary alicyclic amines) is 1. The van der Waals surface area contributed by atoms with Crippen LogP contribution in [0.2, 0.25) is 0 Å². The fourth-order valence-corrected chi connectivity index (χ4v) is 2.97. The van der Waals surface area contributed by atoms with Crippen molar-refractivity contribution in [3.8, 4) is 0 Å². The Morgan fingerprint density at radius 1 is 1.16 bits per heavy atom. The zero-order valence-electron chi connectivity index (χ0n) is 12.3. The largest absolute Gasteiger partial charge is 0.356 e. The lowest BCUT2D eigenvalue weighted by Gasteiger charge is -2.29. The lowest BCUT2D eigenvalue weighted by Crippen LogP contribution is -2.45. The van der Waals surface area contributed by atoms with Crippen molar-refractivity contribution in [2.24, 2.45) is 10.9 Å². The monoisotopic (exact) mass is 380 g/mol. The normalized spacial score (nSPS) is 23.2. The van der Waals surface area contributed by atoms with Crippen molar-refractivity contribution in [2.75, 3.05) is 33.7 Å². The van der Waals surface area contributed by atoms with Crippen molar-refractivity contribution in [1.82, 2.24) is 15.5 Å². The molecular weight excluding hydrogens is 351 g/mol. The summed E-state index contributed by atoms with van der Waals surface area (Å²) in [5.41, 5.74) is 0. The molecular formula is C14H29IN4. The zero-order valence-corrected chi connectivity index (χ0v) is 14.7. The van der Waals surface area contributed by atoms with Crippen LogP contribution in [0.4, 0.5) is 0 Å². The van der Waals surface area contributed by atoms with Gasteiger partial charge in [0.25, 0.3) is 0 Å². The van der Waals surface area contributed by atoms with Gasteiger partial charge in [0.15, 0.2) is 5.96 Å². The van der Waals surface area contributed by atoms with Crippen LogP contribution in [0.3, 0.4) is 0 Å². The second-order valence-electron chi connectivity index (χ2n) is 5.83. The van der Waals surface area contributed by atoms with Gasteiger partial charge in [0.2, 0.25) is 0 Å². The first-order valence-corrected chi connectivity index (χ1v) is 7.43. The minimum Gasteiger partial charge on any atom is -0.356 e. The van der Waals surface area contributed by atoms with Gasteiger partial charge in [0.1, 0.15) is 0 Å². The quantitative estimate of drug-likeness (QED) is 0.447. The highest BCUT2D eigenvalue weighted by Crippen LogP contribution is 2.17. The summed E-state index contributed by atoms with van der Waals surface area (Å²) in [5, 5.41) is 7.04. The van der Waals surface area contributed by atoms with Gasteiger partial charge in [0.05, 0.1) is 0 Å². The van der Waals surface area contributed by atoms with E-state index in [-0.39, 0.29) is 24.0 Å². The Labute approximate surface area is 134 Å². The van der Waals surface area contributed by atoms with Crippen LogP contribution in [-0.2, 0) is 0 Å². The number of hydrogen-bond acceptors (Lipinski definition) is 2. The predicted molar refractivity (Wildman–Crippen MR) is 92.4 cm³/mol. The van der Waals surface area contributed by atoms with Gasteiger partial charge < -0.3 is 15.5 Å². The molecule has 2 fully saturated rings. The van der Waals surface area contributed by atoms with Crippen LogP contribution >= 0.6 is 24.0 Å². The molecule has 1 aliphatic carbocycles. The SMILES string of the molecule is CN=C(NCC1CCN(C)CC1)NC1CCCC1.I. The number of halogens is 1. The Morgan fingerprint density at radius 2 is 1.79 bits per heavy atom. The number of nitrogens with one attached hydrogen (secondary N) is 2. The second kappa shape index (κ2) is 9.00. The predicted octanol–water partition coefficient (Wildman–Crippen LogP) is 2.05. The second-order valence-corrected chi connectivity index (χ2v) is 5.83. The van der Waals surface area contributed by atoms with Crippen LogP contribution in [0.5, 0.6) is 0 Å². The van der Waals surface area contributed by atoms with Gasteiger partial charge in [-0.05, 0) is 51.7 Å². The van der Waals surface area contributed by atoms with Gasteiger partial charge in [-0.1, -0.05) is 12.8 Å². The molecule has 5 heteroatoms. The van der Waals surface area contributed by atoms with Gasteiger partial charge >= 0.3 is 0 Å². The highest BCUT2D eigenvalue weighted by molar-refractivity contribution is 14.0. The molecule has 0 bridgehead atoms. The van der Waals surface area contributed by atoms with E-state index in [4.69, 9.17) is 0 Å². The molecule has 112 valence electrons. The molecule has 0 aromatic heterocycles. The Morgan fingerprint density at radius 3 is 2.37 bits per heavy atom. The number of piperidine rings is 1. The van der Waals surface area contributed by atoms with E-state index in [1.54, 1.807) is 0 Å². The molecule has 0 atom stereocenters. The Bertz CT molecular complexity index is 269. The van der Waals surface area contributed by atoms with E-state index < -0.39 is 0 Å². The highest BCUT2D eigenvalue weighted by Gasteiger charge is 2.18. The van der Waals surface area contributed by atoms with E-state index in [9.17, 15) is 0 Å². The Hall–Kier alpha value is -0.0400. The molecule has 0 aromatic rings. The molecule has 4 nitrogen and oxygen atoms in total. The van der Waals surface area contributed by atoms with E-state index in [0.29, 0.717) is 6.04 Å². The van der Waals surface area contributed by atoms with Crippen LogP contribution in [-0.4, -0.2) is 50.6 Å². The van der Waals surface area contributed by atoms with Crippen LogP contribution in [0.25, 0.3) is 0 Å². The number of nitrogens with zero attached hydrogens (tertiary/aromatic N) is 2. The third kappa shape index (κ3) is 5.85. The third-order valence-corrected chi connectivity index (χ3v) is 4.32. The number of hydrogen-bond donors (Lipinski definition) is 2. The maximum atomic E-state index is 4.33. The van der Waals surface area contributed by atoms with Gasteiger partial charge in [-0.3, -0.25) is 4.99 Å². The summed E-state index contributed by atoms with van der Waals surface area (Å²) in [6, 6.07) is 0.647. The van der Waals surface area contributed by atoms with Crippen molar-refractivity contribution in [3.05, 3.63) is 0 Å². The zero-order chi connectivity index (χ0) is 12.8. The van der Waals surface area contributed by atoms with E-state index >= 15 is 0 Å². The molecule has 0 amide bonds. The average molecular weight is 380 g/mol. The molecule has 1 saturated carbocycles. The van der Waals surface area contributed by atoms with E-state index in [2.05, 4.69) is 27.6 Å². The van der Waals surface area contributed by atoms with Crippen LogP contribution in [0.15, 0.2) is 4.99 Å². The fraction of sp³-hybridized carbons (Fsp3) is 0.929. The van der Waals surface area contributed by atoms with Crippen LogP contribution < -0.4 is 10.6 Å². The van der Waals surface area contributed by atoms with E-state index in [1.165, 1.54) is 51.6 Å². The minimum absolute atomic E-state index is 0. The molecule has 2 rings (SSSR count). The van der Waals surface area contributed by atoms with Gasteiger partial charge in [-0.15, -0.1) is 24.0 Å². The van der Waals surface area contributed by atoms with Crippen LogP contribution in [0.1, 0.15) is 38.5 Å². The average Bonchev–Trinajstić information content (AvgIpc) is 2.89. The lowest BCUT2D eigenvalue weighted by molar-refractivity contribution is 0.220. The summed E-state index contributed by atoms with van der Waals surface area (Å²) < 4.78 is 0. The van der Waals surface area contributed by atoms with Crippen molar-refractivity contribution in [1.29, 1.82) is 0 Å². The first kappa shape index (κ1) is 17.0. The van der Waals surface area contributed by atoms with Gasteiger partial charge in [0, 0.05) is 19.6 Å². The van der Waals surface area contributed by atoms with E-state index in [0.717, 1.165) is 18.4 Å². The first-order valence-electron chi connectivity index (χ1n) is 7.43. The molecule has 2 aliphatic rings. The summed E-state index contributed by atoms with van der Waals surface area (Å²) in [5.74, 6) is 1.81. The number of rotatable bonds is 3. The summed E-state index contributed by atoms with van der Waals surface area (Å²) in [6.45, 7) is 3.54. The molecule has 1 heterocycles. The lowest BCUT2D eigenvalue weighted by atomic mass is 9.97. The summed E-state index contributed by atoms with van der Waals surface area (Å²) in [4.78, 5) is 6.75. The summed E-state index contributed by atoms with van der Waals surface area (Å²) >= 11 is 0. The molecule has 2 N–H and O–H groups in total. The standard InChI is InChI=1S/C14H28N4.HI/c1-15-14(17-13-5-3-4-6-13)16-11-12-7-9-18(2)10-8-12;/h12-13H,3-11H2,1-2H3,(H2,15,16,17);1H. The molecule has 1 saturated heterocycles. The summed E-state index contributed by atoms with van der Waals surface area (Å²) in [7, 11) is 4.09. The fourth-order valence-electron chi connectivity index (χ4n) is 2.97. The number of guanidine groups is 1. The first-order chi connectivity index (χ1) is 8.78. The maximum Gasteiger partial charge on any atom is 0.191 e. The summed E-state index contributed by atoms with van der Waals surface area (Å²) in [6.07, 6.45) is 7.95. The molecule has 0 radical (unpaired) electrons. The maximum absolute atomic E-state index is 4.33. The van der Waals surface area contributed by atoms with Crippen molar-refractivity contribution < 1.29 is 0 Å². The van der Waals surface area contributed by atoms with Crippen molar-refractivity contribution >= 4 is 29.9 Å². The topological polar surface area (TPSA) is 39.7 Å². The van der Waals surface area contributed by atoms with Gasteiger partial charge in [-0.2, -0.15) is 0 Å². The van der Waals surface area contributed by atoms with Gasteiger partial charge in [-0.25, -0.2) is 0 Å². The Balaban J connectivity index is 0.00000180. The molecule has 0 aromatic carbocycles. The van der Waals surface area contributed by atoms with Crippen molar-refractivity contribution in [2.45, 2.75) is 44.6 Å². The third-order valence-electron chi connectivity index (χ3n) is 4.32. The van der Waals surface area contributed by atoms with Crippen molar-refractivity contribution in [3.63, 3.8) is 0 Å². The molecule has 1 aliphatic heterocycles. The Kier molecular flexibility index (Phi) is 8.06. The minimum atomic E-state index is 0. The number of aliphatic imine (C=N–C) groups is 1.